The number of nitrogens with zero attached hydrogens (tertiary/aromatic N) is 1. The zero-order chi connectivity index (χ0) is 8.55. The maximum Gasteiger partial charge on any atom is 0.0230 e. The minimum Gasteiger partial charge on any atom is -0.301 e. The van der Waals surface area contributed by atoms with Crippen LogP contribution in [0.5, 0.6) is 0 Å². The molecule has 2 aliphatic rings. The molecule has 12 heavy (non-hydrogen) atoms. The molecule has 1 unspecified atom stereocenters. The molecule has 0 fully saturated rings. The van der Waals surface area contributed by atoms with Gasteiger partial charge >= 0.3 is 0 Å². The molecule has 0 spiro atoms. The van der Waals surface area contributed by atoms with Crippen molar-refractivity contribution < 1.29 is 0 Å². The van der Waals surface area contributed by atoms with E-state index in [1.807, 2.05) is 0 Å². The van der Waals surface area contributed by atoms with Gasteiger partial charge in [-0.1, -0.05) is 29.9 Å². The highest BCUT2D eigenvalue weighted by Gasteiger charge is 2.20. The number of likely N-dealkylation sites (N-methyl/N-ethyl adjacent to an activating group) is 1. The molecule has 0 radical (unpaired) electrons. The molecule has 1 heterocycles. The van der Waals surface area contributed by atoms with Crippen LogP contribution in [0, 0.1) is 5.92 Å². The Kier molecular flexibility index (Phi) is 1.89. The molecule has 1 atom stereocenters. The lowest BCUT2D eigenvalue weighted by atomic mass is 9.92. The summed E-state index contributed by atoms with van der Waals surface area (Å²) < 4.78 is 0. The van der Waals surface area contributed by atoms with Gasteiger partial charge in [0.1, 0.15) is 0 Å². The average molecular weight is 161 g/mol. The van der Waals surface area contributed by atoms with Crippen LogP contribution in [0.25, 0.3) is 0 Å². The van der Waals surface area contributed by atoms with Crippen molar-refractivity contribution in [1.29, 1.82) is 0 Å². The second kappa shape index (κ2) is 2.91. The van der Waals surface area contributed by atoms with Gasteiger partial charge in [0, 0.05) is 19.0 Å². The molecule has 0 saturated carbocycles. The minimum atomic E-state index is 0.647. The van der Waals surface area contributed by atoms with Crippen LogP contribution in [0.1, 0.15) is 6.92 Å². The predicted molar refractivity (Wildman–Crippen MR) is 52.0 cm³/mol. The van der Waals surface area contributed by atoms with E-state index in [0.29, 0.717) is 5.92 Å². The van der Waals surface area contributed by atoms with Crippen molar-refractivity contribution in [2.75, 3.05) is 20.1 Å². The topological polar surface area (TPSA) is 3.24 Å². The first-order chi connectivity index (χ1) is 5.77. The third kappa shape index (κ3) is 1.25. The lowest BCUT2D eigenvalue weighted by Crippen LogP contribution is -2.32. The molecule has 2 bridgehead atoms. The van der Waals surface area contributed by atoms with Crippen LogP contribution in [0.15, 0.2) is 35.5 Å². The molecule has 0 amide bonds. The summed E-state index contributed by atoms with van der Waals surface area (Å²) >= 11 is 0. The van der Waals surface area contributed by atoms with Gasteiger partial charge in [0.15, 0.2) is 0 Å². The summed E-state index contributed by atoms with van der Waals surface area (Å²) in [5.74, 6) is 0.647. The number of rotatable bonds is 0. The van der Waals surface area contributed by atoms with Crippen LogP contribution >= 0.6 is 0 Å². The fourth-order valence-corrected chi connectivity index (χ4v) is 1.95. The second-order valence-electron chi connectivity index (χ2n) is 3.76. The first-order valence-corrected chi connectivity index (χ1v) is 4.50. The van der Waals surface area contributed by atoms with E-state index in [1.54, 1.807) is 5.57 Å². The Labute approximate surface area is 74.1 Å². The van der Waals surface area contributed by atoms with E-state index in [9.17, 15) is 0 Å². The highest BCUT2D eigenvalue weighted by molar-refractivity contribution is 5.36. The third-order valence-corrected chi connectivity index (χ3v) is 2.76. The zero-order valence-corrected chi connectivity index (χ0v) is 7.75. The molecule has 0 aromatic rings. The van der Waals surface area contributed by atoms with Crippen LogP contribution in [0.4, 0.5) is 0 Å². The molecule has 0 saturated heterocycles. The summed E-state index contributed by atoms with van der Waals surface area (Å²) in [6.45, 7) is 4.54. The van der Waals surface area contributed by atoms with Crippen molar-refractivity contribution in [3.8, 4) is 0 Å². The summed E-state index contributed by atoms with van der Waals surface area (Å²) in [5.41, 5.74) is 3.05. The van der Waals surface area contributed by atoms with E-state index in [1.165, 1.54) is 12.1 Å². The Balaban J connectivity index is 2.38. The van der Waals surface area contributed by atoms with Gasteiger partial charge < -0.3 is 4.90 Å². The van der Waals surface area contributed by atoms with Crippen molar-refractivity contribution in [3.63, 3.8) is 0 Å². The molecule has 1 nitrogen and oxygen atoms in total. The maximum atomic E-state index is 2.38. The SMILES string of the molecule is CC1=C2C=CC=CC1CN(C)C2. The Hall–Kier alpha value is -0.820. The molecule has 1 heteroatoms. The quantitative estimate of drug-likeness (QED) is 0.525. The molecule has 0 N–H and O–H groups in total. The second-order valence-corrected chi connectivity index (χ2v) is 3.76. The molecule has 2 rings (SSSR count). The fourth-order valence-electron chi connectivity index (χ4n) is 1.95. The highest BCUT2D eigenvalue weighted by Crippen LogP contribution is 2.26. The minimum absolute atomic E-state index is 0.647. The van der Waals surface area contributed by atoms with Crippen LogP contribution < -0.4 is 0 Å². The zero-order valence-electron chi connectivity index (χ0n) is 7.75. The van der Waals surface area contributed by atoms with Gasteiger partial charge in [-0.05, 0) is 19.5 Å². The van der Waals surface area contributed by atoms with Crippen LogP contribution in [0.2, 0.25) is 0 Å². The highest BCUT2D eigenvalue weighted by atomic mass is 15.1. The van der Waals surface area contributed by atoms with Gasteiger partial charge in [-0.25, -0.2) is 0 Å². The van der Waals surface area contributed by atoms with Gasteiger partial charge in [0.05, 0.1) is 0 Å². The van der Waals surface area contributed by atoms with Crippen LogP contribution in [-0.2, 0) is 0 Å². The Morgan fingerprint density at radius 3 is 3.08 bits per heavy atom. The van der Waals surface area contributed by atoms with Crippen molar-refractivity contribution in [2.45, 2.75) is 6.92 Å². The monoisotopic (exact) mass is 161 g/mol. The summed E-state index contributed by atoms with van der Waals surface area (Å²) in [5, 5.41) is 0. The normalized spacial score (nSPS) is 29.3. The molecule has 64 valence electrons. The maximum absolute atomic E-state index is 2.38. The first-order valence-electron chi connectivity index (χ1n) is 4.50. The Morgan fingerprint density at radius 1 is 1.42 bits per heavy atom. The van der Waals surface area contributed by atoms with Crippen molar-refractivity contribution in [1.82, 2.24) is 4.90 Å². The predicted octanol–water partition coefficient (Wildman–Crippen LogP) is 1.99. The average Bonchev–Trinajstić information content (AvgIpc) is 2.19. The van der Waals surface area contributed by atoms with Crippen LogP contribution in [-0.4, -0.2) is 25.0 Å². The van der Waals surface area contributed by atoms with Gasteiger partial charge in [-0.2, -0.15) is 0 Å². The van der Waals surface area contributed by atoms with E-state index >= 15 is 0 Å². The largest absolute Gasteiger partial charge is 0.301 e. The van der Waals surface area contributed by atoms with Gasteiger partial charge in [0.25, 0.3) is 0 Å². The summed E-state index contributed by atoms with van der Waals surface area (Å²) in [6.07, 6.45) is 8.86. The number of allylic oxidation sites excluding steroid dienone is 2. The summed E-state index contributed by atoms with van der Waals surface area (Å²) in [6, 6.07) is 0. The molecular weight excluding hydrogens is 146 g/mol. The van der Waals surface area contributed by atoms with Gasteiger partial charge in [-0.3, -0.25) is 0 Å². The Morgan fingerprint density at radius 2 is 2.25 bits per heavy atom. The summed E-state index contributed by atoms with van der Waals surface area (Å²) in [4.78, 5) is 2.38. The standard InChI is InChI=1S/C11H15N/c1-9-10-5-3-4-6-11(9)8-12(2)7-10/h3-6,10H,7-8H2,1-2H3. The molecule has 1 aliphatic carbocycles. The van der Waals surface area contributed by atoms with E-state index in [0.717, 1.165) is 6.54 Å². The lowest BCUT2D eigenvalue weighted by molar-refractivity contribution is 0.320. The lowest BCUT2D eigenvalue weighted by Gasteiger charge is -2.29. The summed E-state index contributed by atoms with van der Waals surface area (Å²) in [7, 11) is 2.19. The molecule has 0 aromatic heterocycles. The number of fused-ring (bicyclic) bond motifs is 1. The molecular formula is C11H15N. The molecule has 1 aliphatic heterocycles. The first kappa shape index (κ1) is 7.81. The Bertz CT molecular complexity index is 271. The van der Waals surface area contributed by atoms with E-state index in [4.69, 9.17) is 0 Å². The fraction of sp³-hybridized carbons (Fsp3) is 0.455. The van der Waals surface area contributed by atoms with Gasteiger partial charge in [0.2, 0.25) is 0 Å². The van der Waals surface area contributed by atoms with E-state index in [-0.39, 0.29) is 0 Å². The smallest absolute Gasteiger partial charge is 0.0230 e. The van der Waals surface area contributed by atoms with Crippen LogP contribution in [0.3, 0.4) is 0 Å². The molecule has 0 aromatic carbocycles. The van der Waals surface area contributed by atoms with Crippen molar-refractivity contribution in [2.24, 2.45) is 5.92 Å². The van der Waals surface area contributed by atoms with E-state index in [2.05, 4.69) is 43.2 Å². The third-order valence-electron chi connectivity index (χ3n) is 2.76. The van der Waals surface area contributed by atoms with Crippen molar-refractivity contribution >= 4 is 0 Å². The number of hydrogen-bond acceptors (Lipinski definition) is 1. The van der Waals surface area contributed by atoms with Gasteiger partial charge in [-0.15, -0.1) is 0 Å². The van der Waals surface area contributed by atoms with E-state index < -0.39 is 0 Å². The number of hydrogen-bond donors (Lipinski definition) is 0. The van der Waals surface area contributed by atoms with Crippen molar-refractivity contribution in [3.05, 3.63) is 35.5 Å².